The normalized spacial score (nSPS) is 15.7. The molecule has 1 aliphatic carbocycles. The monoisotopic (exact) mass is 247 g/mol. The van der Waals surface area contributed by atoms with E-state index in [1.165, 1.54) is 25.7 Å². The van der Waals surface area contributed by atoms with Gasteiger partial charge in [0.2, 0.25) is 0 Å². The van der Waals surface area contributed by atoms with Gasteiger partial charge in [0.05, 0.1) is 11.3 Å². The molecule has 4 heteroatoms. The van der Waals surface area contributed by atoms with E-state index in [-0.39, 0.29) is 5.91 Å². The first-order chi connectivity index (χ1) is 8.70. The summed E-state index contributed by atoms with van der Waals surface area (Å²) in [5.74, 6) is 6.05. The zero-order valence-corrected chi connectivity index (χ0v) is 10.8. The lowest BCUT2D eigenvalue weighted by atomic mass is 10.1. The van der Waals surface area contributed by atoms with Crippen LogP contribution in [0.2, 0.25) is 0 Å². The molecule has 1 aliphatic rings. The fourth-order valence-electron chi connectivity index (χ4n) is 2.52. The number of hydrogen-bond donors (Lipinski definition) is 3. The molecule has 1 saturated carbocycles. The number of hydrogen-bond acceptors (Lipinski definition) is 3. The maximum Gasteiger partial charge on any atom is 0.253 e. The predicted octanol–water partition coefficient (Wildman–Crippen LogP) is 2.20. The summed E-state index contributed by atoms with van der Waals surface area (Å²) in [5.41, 5.74) is 4.96. The van der Waals surface area contributed by atoms with Crippen molar-refractivity contribution in [1.82, 2.24) is 5.32 Å². The van der Waals surface area contributed by atoms with Crippen molar-refractivity contribution in [1.29, 1.82) is 0 Å². The second kappa shape index (κ2) is 5.87. The van der Waals surface area contributed by atoms with E-state index in [4.69, 9.17) is 5.84 Å². The van der Waals surface area contributed by atoms with Crippen LogP contribution in [0.25, 0.3) is 0 Å². The second-order valence-electron chi connectivity index (χ2n) is 5.05. The topological polar surface area (TPSA) is 67.2 Å². The average molecular weight is 247 g/mol. The number of hydrazine groups is 1. The van der Waals surface area contributed by atoms with Crippen molar-refractivity contribution < 1.29 is 4.79 Å². The summed E-state index contributed by atoms with van der Waals surface area (Å²) in [6.07, 6.45) is 5.05. The van der Waals surface area contributed by atoms with E-state index in [2.05, 4.69) is 10.7 Å². The molecular formula is C14H21N3O. The maximum absolute atomic E-state index is 12.1. The number of carbonyl (C=O) groups is 1. The van der Waals surface area contributed by atoms with E-state index >= 15 is 0 Å². The Morgan fingerprint density at radius 3 is 2.78 bits per heavy atom. The molecule has 1 fully saturated rings. The molecule has 0 saturated heterocycles. The Kier molecular flexibility index (Phi) is 4.20. The van der Waals surface area contributed by atoms with Crippen molar-refractivity contribution in [3.05, 3.63) is 29.3 Å². The quantitative estimate of drug-likeness (QED) is 0.564. The third kappa shape index (κ3) is 3.01. The maximum atomic E-state index is 12.1. The highest BCUT2D eigenvalue weighted by molar-refractivity contribution is 5.99. The summed E-state index contributed by atoms with van der Waals surface area (Å²) < 4.78 is 0. The molecule has 1 amide bonds. The zero-order chi connectivity index (χ0) is 13.0. The molecule has 1 aromatic carbocycles. The molecule has 98 valence electrons. The lowest BCUT2D eigenvalue weighted by molar-refractivity contribution is 0.0948. The average Bonchev–Trinajstić information content (AvgIpc) is 2.88. The number of benzene rings is 1. The molecule has 0 heterocycles. The highest BCUT2D eigenvalue weighted by Crippen LogP contribution is 2.24. The second-order valence-corrected chi connectivity index (χ2v) is 5.05. The Bertz CT molecular complexity index is 425. The Morgan fingerprint density at radius 1 is 1.39 bits per heavy atom. The number of nitrogens with one attached hydrogen (secondary N) is 2. The van der Waals surface area contributed by atoms with Gasteiger partial charge in [-0.15, -0.1) is 0 Å². The van der Waals surface area contributed by atoms with Gasteiger partial charge in [0, 0.05) is 6.54 Å². The minimum Gasteiger partial charge on any atom is -0.352 e. The number of nitrogens with two attached hydrogens (primary N) is 1. The lowest BCUT2D eigenvalue weighted by Crippen LogP contribution is -2.29. The van der Waals surface area contributed by atoms with Crippen LogP contribution in [0.15, 0.2) is 18.2 Å². The fraction of sp³-hybridized carbons (Fsp3) is 0.500. The van der Waals surface area contributed by atoms with Crippen LogP contribution in [0.1, 0.15) is 41.6 Å². The smallest absolute Gasteiger partial charge is 0.253 e. The molecule has 0 atom stereocenters. The van der Waals surface area contributed by atoms with E-state index in [0.717, 1.165) is 12.1 Å². The van der Waals surface area contributed by atoms with E-state index in [9.17, 15) is 4.79 Å². The van der Waals surface area contributed by atoms with Gasteiger partial charge in [-0.05, 0) is 43.4 Å². The third-order valence-corrected chi connectivity index (χ3v) is 3.60. The third-order valence-electron chi connectivity index (χ3n) is 3.60. The number of carbonyl (C=O) groups excluding carboxylic acids is 1. The summed E-state index contributed by atoms with van der Waals surface area (Å²) >= 11 is 0. The molecule has 1 aromatic rings. The number of aryl methyl sites for hydroxylation is 1. The summed E-state index contributed by atoms with van der Waals surface area (Å²) in [6, 6.07) is 5.62. The van der Waals surface area contributed by atoms with E-state index in [0.29, 0.717) is 17.2 Å². The number of anilines is 1. The van der Waals surface area contributed by atoms with Crippen LogP contribution in [-0.4, -0.2) is 12.5 Å². The van der Waals surface area contributed by atoms with Crippen molar-refractivity contribution in [3.63, 3.8) is 0 Å². The van der Waals surface area contributed by atoms with Gasteiger partial charge in [-0.25, -0.2) is 0 Å². The Hall–Kier alpha value is -1.55. The van der Waals surface area contributed by atoms with Crippen molar-refractivity contribution in [3.8, 4) is 0 Å². The summed E-state index contributed by atoms with van der Waals surface area (Å²) in [4.78, 5) is 12.1. The lowest BCUT2D eigenvalue weighted by Gasteiger charge is -2.13. The van der Waals surface area contributed by atoms with Crippen molar-refractivity contribution in [2.75, 3.05) is 12.0 Å². The summed E-state index contributed by atoms with van der Waals surface area (Å²) in [6.45, 7) is 2.75. The highest BCUT2D eigenvalue weighted by atomic mass is 16.1. The van der Waals surface area contributed by atoms with Crippen LogP contribution in [0.4, 0.5) is 5.69 Å². The van der Waals surface area contributed by atoms with Crippen LogP contribution in [0.5, 0.6) is 0 Å². The van der Waals surface area contributed by atoms with Gasteiger partial charge in [-0.1, -0.05) is 18.9 Å². The van der Waals surface area contributed by atoms with Crippen LogP contribution >= 0.6 is 0 Å². The molecule has 0 spiro atoms. The van der Waals surface area contributed by atoms with Gasteiger partial charge in [0.25, 0.3) is 5.91 Å². The summed E-state index contributed by atoms with van der Waals surface area (Å²) in [7, 11) is 0. The largest absolute Gasteiger partial charge is 0.352 e. The molecule has 4 N–H and O–H groups in total. The van der Waals surface area contributed by atoms with Crippen LogP contribution in [0, 0.1) is 12.8 Å². The molecule has 0 bridgehead atoms. The van der Waals surface area contributed by atoms with Crippen molar-refractivity contribution >= 4 is 11.6 Å². The predicted molar refractivity (Wildman–Crippen MR) is 73.3 cm³/mol. The van der Waals surface area contributed by atoms with E-state index in [1.54, 1.807) is 0 Å². The van der Waals surface area contributed by atoms with Crippen molar-refractivity contribution in [2.24, 2.45) is 11.8 Å². The SMILES string of the molecule is Cc1ccc(C(=O)NCC2CCCC2)c(NN)c1. The molecule has 18 heavy (non-hydrogen) atoms. The van der Waals surface area contributed by atoms with E-state index < -0.39 is 0 Å². The molecule has 4 nitrogen and oxygen atoms in total. The Balaban J connectivity index is 1.99. The highest BCUT2D eigenvalue weighted by Gasteiger charge is 2.17. The number of amides is 1. The van der Waals surface area contributed by atoms with Gasteiger partial charge in [0.1, 0.15) is 0 Å². The summed E-state index contributed by atoms with van der Waals surface area (Å²) in [5, 5.41) is 3.00. The molecule has 0 aliphatic heterocycles. The van der Waals surface area contributed by atoms with Gasteiger partial charge in [-0.2, -0.15) is 0 Å². The first-order valence-electron chi connectivity index (χ1n) is 6.56. The van der Waals surface area contributed by atoms with Crippen molar-refractivity contribution in [2.45, 2.75) is 32.6 Å². The first kappa shape index (κ1) is 12.9. The van der Waals surface area contributed by atoms with Gasteiger partial charge in [-0.3, -0.25) is 10.6 Å². The zero-order valence-electron chi connectivity index (χ0n) is 10.8. The Morgan fingerprint density at radius 2 is 2.11 bits per heavy atom. The molecular weight excluding hydrogens is 226 g/mol. The number of rotatable bonds is 4. The van der Waals surface area contributed by atoms with Gasteiger partial charge < -0.3 is 10.7 Å². The number of nitrogen functional groups attached to an aromatic ring is 1. The van der Waals surface area contributed by atoms with Crippen LogP contribution in [0.3, 0.4) is 0 Å². The minimum atomic E-state index is -0.0464. The molecule has 0 unspecified atom stereocenters. The van der Waals surface area contributed by atoms with Crippen LogP contribution in [-0.2, 0) is 0 Å². The molecule has 2 rings (SSSR count). The van der Waals surface area contributed by atoms with Gasteiger partial charge in [0.15, 0.2) is 0 Å². The van der Waals surface area contributed by atoms with Crippen LogP contribution < -0.4 is 16.6 Å². The van der Waals surface area contributed by atoms with E-state index in [1.807, 2.05) is 25.1 Å². The standard InChI is InChI=1S/C14H21N3O/c1-10-6-7-12(13(8-10)17-15)14(18)16-9-11-4-2-3-5-11/h6-8,11,17H,2-5,9,15H2,1H3,(H,16,18). The molecule has 0 aromatic heterocycles. The minimum absolute atomic E-state index is 0.0464. The fourth-order valence-corrected chi connectivity index (χ4v) is 2.52. The Labute approximate surface area is 108 Å². The first-order valence-corrected chi connectivity index (χ1v) is 6.56. The molecule has 0 radical (unpaired) electrons. The van der Waals surface area contributed by atoms with Gasteiger partial charge >= 0.3 is 0 Å².